The summed E-state index contributed by atoms with van der Waals surface area (Å²) in [4.78, 5) is 14.6. The first-order valence-corrected chi connectivity index (χ1v) is 9.80. The van der Waals surface area contributed by atoms with Gasteiger partial charge >= 0.3 is 0 Å². The van der Waals surface area contributed by atoms with Crippen molar-refractivity contribution in [2.45, 2.75) is 25.4 Å². The molecule has 1 saturated heterocycles. The summed E-state index contributed by atoms with van der Waals surface area (Å²) in [6.45, 7) is 3.59. The minimum atomic E-state index is 0.132. The number of nitrogens with zero attached hydrogens (tertiary/aromatic N) is 2. The maximum Gasteiger partial charge on any atom is 0.250 e. The summed E-state index contributed by atoms with van der Waals surface area (Å²) in [5.41, 5.74) is 2.31. The monoisotopic (exact) mass is 380 g/mol. The predicted molar refractivity (Wildman–Crippen MR) is 106 cm³/mol. The van der Waals surface area contributed by atoms with E-state index in [1.54, 1.807) is 6.07 Å². The van der Waals surface area contributed by atoms with Crippen molar-refractivity contribution in [1.82, 2.24) is 9.47 Å². The Morgan fingerprint density at radius 1 is 1.04 bits per heavy atom. The standard InChI is InChI=1S/C22H21ClN2O2/c23-18-4-1-3-16(10-18)21-8-7-19(27-21)14-24-11-15-9-17(13-24)20-5-2-6-22(26)25(20)12-15/h1-8,10,15,17H,9,11-14H2. The molecule has 4 nitrogen and oxygen atoms in total. The van der Waals surface area contributed by atoms with E-state index in [1.165, 1.54) is 12.1 Å². The lowest BCUT2D eigenvalue weighted by Gasteiger charge is -2.42. The minimum absolute atomic E-state index is 0.132. The zero-order valence-electron chi connectivity index (χ0n) is 15.0. The summed E-state index contributed by atoms with van der Waals surface area (Å²) in [7, 11) is 0. The number of piperidine rings is 1. The number of pyridine rings is 1. The zero-order chi connectivity index (χ0) is 18.4. The van der Waals surface area contributed by atoms with Crippen LogP contribution in [0.3, 0.4) is 0 Å². The van der Waals surface area contributed by atoms with Crippen molar-refractivity contribution in [3.63, 3.8) is 0 Å². The summed E-state index contributed by atoms with van der Waals surface area (Å²) in [5, 5.41) is 0.711. The molecule has 0 aliphatic carbocycles. The van der Waals surface area contributed by atoms with Crippen LogP contribution >= 0.6 is 11.6 Å². The van der Waals surface area contributed by atoms with Crippen molar-refractivity contribution in [3.05, 3.63) is 81.4 Å². The summed E-state index contributed by atoms with van der Waals surface area (Å²) in [5.74, 6) is 2.77. The third-order valence-electron chi connectivity index (χ3n) is 5.71. The van der Waals surface area contributed by atoms with Gasteiger partial charge in [0.05, 0.1) is 6.54 Å². The molecule has 3 aromatic rings. The highest BCUT2D eigenvalue weighted by molar-refractivity contribution is 6.30. The Morgan fingerprint density at radius 3 is 2.81 bits per heavy atom. The Labute approximate surface area is 163 Å². The highest BCUT2D eigenvalue weighted by Crippen LogP contribution is 2.35. The molecule has 0 radical (unpaired) electrons. The van der Waals surface area contributed by atoms with Crippen LogP contribution in [-0.4, -0.2) is 22.6 Å². The second kappa shape index (κ2) is 6.70. The smallest absolute Gasteiger partial charge is 0.250 e. The van der Waals surface area contributed by atoms with Gasteiger partial charge in [-0.05, 0) is 42.7 Å². The van der Waals surface area contributed by atoms with E-state index in [4.69, 9.17) is 16.0 Å². The van der Waals surface area contributed by atoms with Crippen LogP contribution in [0, 0.1) is 5.92 Å². The molecule has 2 aromatic heterocycles. The molecule has 2 aliphatic rings. The molecule has 0 N–H and O–H groups in total. The fraction of sp³-hybridized carbons (Fsp3) is 0.318. The lowest BCUT2D eigenvalue weighted by atomic mass is 9.83. The maximum atomic E-state index is 12.2. The Bertz CT molecular complexity index is 1040. The highest BCUT2D eigenvalue weighted by Gasteiger charge is 2.34. The molecule has 2 bridgehead atoms. The Hall–Kier alpha value is -2.30. The molecule has 138 valence electrons. The van der Waals surface area contributed by atoms with E-state index >= 15 is 0 Å². The molecule has 2 aliphatic heterocycles. The number of fused-ring (bicyclic) bond motifs is 4. The molecule has 4 heterocycles. The van der Waals surface area contributed by atoms with Gasteiger partial charge in [-0.2, -0.15) is 0 Å². The third kappa shape index (κ3) is 3.24. The zero-order valence-corrected chi connectivity index (χ0v) is 15.7. The predicted octanol–water partition coefficient (Wildman–Crippen LogP) is 4.38. The molecular formula is C22H21ClN2O2. The average Bonchev–Trinajstić information content (AvgIpc) is 3.11. The second-order valence-corrected chi connectivity index (χ2v) is 8.10. The van der Waals surface area contributed by atoms with Crippen LogP contribution in [0.4, 0.5) is 0 Å². The maximum absolute atomic E-state index is 12.2. The molecule has 1 fully saturated rings. The number of benzene rings is 1. The first kappa shape index (κ1) is 16.8. The van der Waals surface area contributed by atoms with Crippen LogP contribution in [0.5, 0.6) is 0 Å². The molecule has 0 saturated carbocycles. The number of aromatic nitrogens is 1. The van der Waals surface area contributed by atoms with Gasteiger partial charge in [0.25, 0.3) is 5.56 Å². The molecule has 2 atom stereocenters. The fourth-order valence-corrected chi connectivity index (χ4v) is 4.80. The topological polar surface area (TPSA) is 38.4 Å². The van der Waals surface area contributed by atoms with Crippen LogP contribution in [0.15, 0.2) is 63.8 Å². The van der Waals surface area contributed by atoms with Crippen LogP contribution in [0.1, 0.15) is 23.8 Å². The number of likely N-dealkylation sites (tertiary alicyclic amines) is 1. The van der Waals surface area contributed by atoms with Gasteiger partial charge in [-0.25, -0.2) is 0 Å². The third-order valence-corrected chi connectivity index (χ3v) is 5.94. The van der Waals surface area contributed by atoms with Crippen molar-refractivity contribution < 1.29 is 4.42 Å². The van der Waals surface area contributed by atoms with E-state index in [-0.39, 0.29) is 5.56 Å². The molecule has 0 spiro atoms. The molecule has 2 unspecified atom stereocenters. The summed E-state index contributed by atoms with van der Waals surface area (Å²) in [6, 6.07) is 17.5. The number of halogens is 1. The molecule has 5 rings (SSSR count). The van der Waals surface area contributed by atoms with Crippen molar-refractivity contribution in [3.8, 4) is 11.3 Å². The first-order chi connectivity index (χ1) is 13.2. The normalized spacial score (nSPS) is 21.8. The Kier molecular flexibility index (Phi) is 4.18. The van der Waals surface area contributed by atoms with E-state index in [9.17, 15) is 4.79 Å². The number of furan rings is 1. The van der Waals surface area contributed by atoms with Crippen molar-refractivity contribution in [2.24, 2.45) is 5.92 Å². The van der Waals surface area contributed by atoms with Gasteiger partial charge in [-0.15, -0.1) is 0 Å². The van der Waals surface area contributed by atoms with Crippen molar-refractivity contribution >= 4 is 11.6 Å². The van der Waals surface area contributed by atoms with E-state index < -0.39 is 0 Å². The van der Waals surface area contributed by atoms with Gasteiger partial charge in [0.1, 0.15) is 11.5 Å². The summed E-state index contributed by atoms with van der Waals surface area (Å²) >= 11 is 6.09. The first-order valence-electron chi connectivity index (χ1n) is 9.42. The largest absolute Gasteiger partial charge is 0.460 e. The van der Waals surface area contributed by atoms with Gasteiger partial charge < -0.3 is 8.98 Å². The summed E-state index contributed by atoms with van der Waals surface area (Å²) in [6.07, 6.45) is 1.17. The van der Waals surface area contributed by atoms with Crippen LogP contribution in [-0.2, 0) is 13.1 Å². The SMILES string of the molecule is O=c1cccc2n1CC1CC2CN(Cc2ccc(-c3cccc(Cl)c3)o2)C1. The van der Waals surface area contributed by atoms with E-state index in [2.05, 4.69) is 17.0 Å². The van der Waals surface area contributed by atoms with E-state index in [0.29, 0.717) is 16.9 Å². The number of hydrogen-bond acceptors (Lipinski definition) is 3. The van der Waals surface area contributed by atoms with Crippen LogP contribution in [0.2, 0.25) is 5.02 Å². The van der Waals surface area contributed by atoms with Gasteiger partial charge in [-0.3, -0.25) is 9.69 Å². The second-order valence-electron chi connectivity index (χ2n) is 7.67. The van der Waals surface area contributed by atoms with Gasteiger partial charge in [0, 0.05) is 47.9 Å². The van der Waals surface area contributed by atoms with Crippen molar-refractivity contribution in [1.29, 1.82) is 0 Å². The molecule has 1 aromatic carbocycles. The fourth-order valence-electron chi connectivity index (χ4n) is 4.60. The van der Waals surface area contributed by atoms with Crippen LogP contribution < -0.4 is 5.56 Å². The average molecular weight is 381 g/mol. The lowest BCUT2D eigenvalue weighted by molar-refractivity contribution is 0.108. The van der Waals surface area contributed by atoms with Gasteiger partial charge in [0.2, 0.25) is 0 Å². The highest BCUT2D eigenvalue weighted by atomic mass is 35.5. The van der Waals surface area contributed by atoms with Crippen LogP contribution in [0.25, 0.3) is 11.3 Å². The van der Waals surface area contributed by atoms with Crippen molar-refractivity contribution in [2.75, 3.05) is 13.1 Å². The van der Waals surface area contributed by atoms with Gasteiger partial charge in [0.15, 0.2) is 0 Å². The Morgan fingerprint density at radius 2 is 1.93 bits per heavy atom. The quantitative estimate of drug-likeness (QED) is 0.676. The van der Waals surface area contributed by atoms with Gasteiger partial charge in [-0.1, -0.05) is 29.8 Å². The molecular weight excluding hydrogens is 360 g/mol. The summed E-state index contributed by atoms with van der Waals surface area (Å²) < 4.78 is 8.06. The molecule has 5 heteroatoms. The van der Waals surface area contributed by atoms with E-state index in [0.717, 1.165) is 43.3 Å². The lowest BCUT2D eigenvalue weighted by Crippen LogP contribution is -2.46. The minimum Gasteiger partial charge on any atom is -0.460 e. The number of hydrogen-bond donors (Lipinski definition) is 0. The van der Waals surface area contributed by atoms with E-state index in [1.807, 2.05) is 41.0 Å². The molecule has 0 amide bonds. The molecule has 27 heavy (non-hydrogen) atoms. The number of rotatable bonds is 3. The Balaban J connectivity index is 1.34.